The Morgan fingerprint density at radius 3 is 2.20 bits per heavy atom. The fraction of sp³-hybridized carbons (Fsp3) is 1.00. The first-order valence-electron chi connectivity index (χ1n) is 3.81. The smallest absolute Gasteiger partial charge is 0.197 e. The summed E-state index contributed by atoms with van der Waals surface area (Å²) in [7, 11) is -2.21. The van der Waals surface area contributed by atoms with Crippen molar-refractivity contribution in [2.24, 2.45) is 0 Å². The molecule has 0 amide bonds. The number of rotatable bonds is 2. The average Bonchev–Trinajstić information content (AvgIpc) is 2.12. The first kappa shape index (κ1) is 8.29. The van der Waals surface area contributed by atoms with Crippen LogP contribution in [0.4, 0.5) is 0 Å². The Hall–Kier alpha value is 0.190. The lowest BCUT2D eigenvalue weighted by Gasteiger charge is -2.13. The molecule has 0 saturated heterocycles. The predicted molar refractivity (Wildman–Crippen MR) is 42.8 cm³/mol. The van der Waals surface area contributed by atoms with Crippen molar-refractivity contribution < 1.29 is 9.09 Å². The van der Waals surface area contributed by atoms with Crippen LogP contribution in [0.5, 0.6) is 0 Å². The molecule has 0 bridgehead atoms. The molecule has 1 rings (SSSR count). The maximum Gasteiger partial charge on any atom is 0.197 e. The van der Waals surface area contributed by atoms with Gasteiger partial charge in [-0.2, -0.15) is 0 Å². The predicted octanol–water partition coefficient (Wildman–Crippen LogP) is 2.48. The highest BCUT2D eigenvalue weighted by atomic mass is 31.2. The fourth-order valence-electron chi connectivity index (χ4n) is 1.35. The molecule has 3 heteroatoms. The van der Waals surface area contributed by atoms with Gasteiger partial charge in [-0.3, -0.25) is 4.57 Å². The minimum atomic E-state index is -2.21. The zero-order chi connectivity index (χ0) is 7.61. The van der Waals surface area contributed by atoms with Crippen LogP contribution >= 0.6 is 7.37 Å². The Labute approximate surface area is 62.4 Å². The molecular formula is C7H15O2P. The Kier molecular flexibility index (Phi) is 2.54. The first-order chi connectivity index (χ1) is 4.58. The van der Waals surface area contributed by atoms with E-state index in [1.54, 1.807) is 13.3 Å². The molecule has 1 saturated carbocycles. The zero-order valence-corrected chi connectivity index (χ0v) is 7.56. The molecule has 0 heterocycles. The molecule has 0 radical (unpaired) electrons. The molecular weight excluding hydrogens is 147 g/mol. The van der Waals surface area contributed by atoms with Crippen molar-refractivity contribution >= 4 is 7.37 Å². The van der Waals surface area contributed by atoms with E-state index in [0.29, 0.717) is 6.10 Å². The summed E-state index contributed by atoms with van der Waals surface area (Å²) in [6, 6.07) is 0. The van der Waals surface area contributed by atoms with Crippen molar-refractivity contribution in [3.05, 3.63) is 0 Å². The zero-order valence-electron chi connectivity index (χ0n) is 6.67. The van der Waals surface area contributed by atoms with Gasteiger partial charge in [0.2, 0.25) is 0 Å². The summed E-state index contributed by atoms with van der Waals surface area (Å²) in [5.41, 5.74) is 0. The summed E-state index contributed by atoms with van der Waals surface area (Å²) in [6.07, 6.45) is 4.98. The summed E-state index contributed by atoms with van der Waals surface area (Å²) in [5, 5.41) is 0. The maximum atomic E-state index is 11.1. The molecule has 0 aromatic rings. The van der Waals surface area contributed by atoms with Gasteiger partial charge in [0.05, 0.1) is 6.10 Å². The third-order valence-corrected chi connectivity index (χ3v) is 2.51. The molecule has 0 N–H and O–H groups in total. The second-order valence-corrected chi connectivity index (χ2v) is 5.98. The van der Waals surface area contributed by atoms with Crippen molar-refractivity contribution in [1.29, 1.82) is 0 Å². The van der Waals surface area contributed by atoms with Gasteiger partial charge in [0.1, 0.15) is 0 Å². The van der Waals surface area contributed by atoms with Crippen molar-refractivity contribution in [2.45, 2.75) is 31.8 Å². The highest BCUT2D eigenvalue weighted by Crippen LogP contribution is 2.42. The van der Waals surface area contributed by atoms with E-state index in [9.17, 15) is 4.57 Å². The van der Waals surface area contributed by atoms with E-state index in [2.05, 4.69) is 0 Å². The quantitative estimate of drug-likeness (QED) is 0.583. The van der Waals surface area contributed by atoms with Gasteiger partial charge in [-0.1, -0.05) is 12.8 Å². The Balaban J connectivity index is 2.31. The van der Waals surface area contributed by atoms with E-state index < -0.39 is 7.37 Å². The molecule has 1 aliphatic carbocycles. The first-order valence-corrected chi connectivity index (χ1v) is 6.33. The summed E-state index contributed by atoms with van der Waals surface area (Å²) in [4.78, 5) is 0. The summed E-state index contributed by atoms with van der Waals surface area (Å²) in [5.74, 6) is 0. The molecule has 1 aliphatic rings. The lowest BCUT2D eigenvalue weighted by molar-refractivity contribution is 0.217. The minimum absolute atomic E-state index is 0.292. The molecule has 0 aromatic heterocycles. The van der Waals surface area contributed by atoms with E-state index in [1.807, 2.05) is 0 Å². The largest absolute Gasteiger partial charge is 0.325 e. The lowest BCUT2D eigenvalue weighted by Crippen LogP contribution is -2.03. The normalized spacial score (nSPS) is 21.8. The van der Waals surface area contributed by atoms with Crippen molar-refractivity contribution in [3.63, 3.8) is 0 Å². The minimum Gasteiger partial charge on any atom is -0.325 e. The Morgan fingerprint density at radius 2 is 1.80 bits per heavy atom. The van der Waals surface area contributed by atoms with Crippen LogP contribution in [-0.2, 0) is 9.09 Å². The van der Waals surface area contributed by atoms with Gasteiger partial charge < -0.3 is 4.52 Å². The maximum absolute atomic E-state index is 11.1. The van der Waals surface area contributed by atoms with Crippen molar-refractivity contribution in [3.8, 4) is 0 Å². The van der Waals surface area contributed by atoms with E-state index in [1.165, 1.54) is 12.8 Å². The Bertz CT molecular complexity index is 144. The SMILES string of the molecule is CP(C)(=O)OC1CCCC1. The van der Waals surface area contributed by atoms with Gasteiger partial charge in [-0.05, 0) is 12.8 Å². The Morgan fingerprint density at radius 1 is 1.30 bits per heavy atom. The molecule has 0 spiro atoms. The van der Waals surface area contributed by atoms with E-state index in [0.717, 1.165) is 12.8 Å². The second-order valence-electron chi connectivity index (χ2n) is 3.26. The van der Waals surface area contributed by atoms with Gasteiger partial charge in [0.15, 0.2) is 7.37 Å². The van der Waals surface area contributed by atoms with Crippen molar-refractivity contribution in [1.82, 2.24) is 0 Å². The molecule has 0 atom stereocenters. The number of hydrogen-bond acceptors (Lipinski definition) is 2. The molecule has 0 aromatic carbocycles. The summed E-state index contributed by atoms with van der Waals surface area (Å²) < 4.78 is 16.5. The summed E-state index contributed by atoms with van der Waals surface area (Å²) in [6.45, 7) is 3.37. The highest BCUT2D eigenvalue weighted by molar-refractivity contribution is 7.57. The molecule has 10 heavy (non-hydrogen) atoms. The fourth-order valence-corrected chi connectivity index (χ4v) is 2.28. The van der Waals surface area contributed by atoms with Crippen molar-refractivity contribution in [2.75, 3.05) is 13.3 Å². The number of hydrogen-bond donors (Lipinski definition) is 0. The third kappa shape index (κ3) is 2.85. The van der Waals surface area contributed by atoms with Crippen LogP contribution in [0.25, 0.3) is 0 Å². The molecule has 0 aliphatic heterocycles. The van der Waals surface area contributed by atoms with Crippen LogP contribution in [0, 0.1) is 0 Å². The van der Waals surface area contributed by atoms with Crippen LogP contribution < -0.4 is 0 Å². The second kappa shape index (κ2) is 3.06. The van der Waals surface area contributed by atoms with Crippen LogP contribution in [0.1, 0.15) is 25.7 Å². The molecule has 0 unspecified atom stereocenters. The van der Waals surface area contributed by atoms with Gasteiger partial charge in [-0.25, -0.2) is 0 Å². The third-order valence-electron chi connectivity index (χ3n) is 1.71. The summed E-state index contributed by atoms with van der Waals surface area (Å²) >= 11 is 0. The molecule has 2 nitrogen and oxygen atoms in total. The lowest BCUT2D eigenvalue weighted by atomic mass is 10.3. The van der Waals surface area contributed by atoms with Gasteiger partial charge in [0.25, 0.3) is 0 Å². The van der Waals surface area contributed by atoms with Gasteiger partial charge >= 0.3 is 0 Å². The van der Waals surface area contributed by atoms with E-state index in [4.69, 9.17) is 4.52 Å². The standard InChI is InChI=1S/C7H15O2P/c1-10(2,8)9-7-5-3-4-6-7/h7H,3-6H2,1-2H3. The monoisotopic (exact) mass is 162 g/mol. The van der Waals surface area contributed by atoms with Crippen LogP contribution in [-0.4, -0.2) is 19.4 Å². The van der Waals surface area contributed by atoms with Gasteiger partial charge in [0, 0.05) is 13.3 Å². The van der Waals surface area contributed by atoms with Crippen LogP contribution in [0.3, 0.4) is 0 Å². The average molecular weight is 162 g/mol. The molecule has 1 fully saturated rings. The van der Waals surface area contributed by atoms with E-state index in [-0.39, 0.29) is 0 Å². The van der Waals surface area contributed by atoms with Crippen LogP contribution in [0.2, 0.25) is 0 Å². The molecule has 60 valence electrons. The van der Waals surface area contributed by atoms with E-state index >= 15 is 0 Å². The highest BCUT2D eigenvalue weighted by Gasteiger charge is 2.20. The van der Waals surface area contributed by atoms with Gasteiger partial charge in [-0.15, -0.1) is 0 Å². The van der Waals surface area contributed by atoms with Crippen LogP contribution in [0.15, 0.2) is 0 Å². The topological polar surface area (TPSA) is 26.3 Å².